The summed E-state index contributed by atoms with van der Waals surface area (Å²) in [5.74, 6) is -2.98. The Morgan fingerprint density at radius 2 is 1.41 bits per heavy atom. The van der Waals surface area contributed by atoms with Gasteiger partial charge in [-0.2, -0.15) is 0 Å². The van der Waals surface area contributed by atoms with Crippen LogP contribution in [0.4, 0.5) is 4.79 Å². The van der Waals surface area contributed by atoms with Gasteiger partial charge in [0.2, 0.25) is 11.8 Å². The molecule has 2 rings (SSSR count). The number of carbonyl (C=O) groups excluding carboxylic acids is 5. The maximum absolute atomic E-state index is 14.3. The lowest BCUT2D eigenvalue weighted by Gasteiger charge is -2.33. The Kier molecular flexibility index (Phi) is 12.9. The van der Waals surface area contributed by atoms with Gasteiger partial charge >= 0.3 is 12.1 Å². The molecule has 3 unspecified atom stereocenters. The van der Waals surface area contributed by atoms with Crippen LogP contribution in [0.25, 0.3) is 0 Å². The molecule has 2 aromatic rings. The van der Waals surface area contributed by atoms with E-state index in [1.165, 1.54) is 0 Å². The summed E-state index contributed by atoms with van der Waals surface area (Å²) in [5.41, 5.74) is 6.12. The highest BCUT2D eigenvalue weighted by Crippen LogP contribution is 2.29. The first kappa shape index (κ1) is 37.3. The molecule has 0 aliphatic carbocycles. The van der Waals surface area contributed by atoms with E-state index in [0.29, 0.717) is 16.7 Å². The topological polar surface area (TPSA) is 157 Å². The predicted molar refractivity (Wildman–Crippen MR) is 174 cm³/mol. The lowest BCUT2D eigenvalue weighted by molar-refractivity contribution is -0.159. The molecular formula is C35H46N4O7. The molecule has 0 saturated carbocycles. The number of benzene rings is 2. The SMILES string of the molecule is C#CN(C(=O)C(CCC(N)=O)NC(=O)OC(C)(C)C)C(C(=O)NC(Cc1ccccc1)C(=O)OC(C)(C)C)c1c(C)cccc1C. The van der Waals surface area contributed by atoms with Crippen molar-refractivity contribution in [3.8, 4) is 12.5 Å². The van der Waals surface area contributed by atoms with Crippen LogP contribution in [0.15, 0.2) is 48.5 Å². The third-order valence-corrected chi connectivity index (χ3v) is 6.66. The van der Waals surface area contributed by atoms with E-state index in [0.717, 1.165) is 10.5 Å². The van der Waals surface area contributed by atoms with E-state index in [1.54, 1.807) is 73.6 Å². The summed E-state index contributed by atoms with van der Waals surface area (Å²) in [6, 6.07) is 12.8. The molecule has 2 aromatic carbocycles. The summed E-state index contributed by atoms with van der Waals surface area (Å²) < 4.78 is 11.0. The molecule has 4 N–H and O–H groups in total. The van der Waals surface area contributed by atoms with Gasteiger partial charge in [0.25, 0.3) is 5.91 Å². The first-order chi connectivity index (χ1) is 21.3. The number of amides is 4. The van der Waals surface area contributed by atoms with Gasteiger partial charge in [-0.25, -0.2) is 9.59 Å². The van der Waals surface area contributed by atoms with Crippen LogP contribution < -0.4 is 16.4 Å². The number of nitrogens with two attached hydrogens (primary N) is 1. The standard InChI is InChI=1S/C35H46N4O7/c1-10-39(31(42)25(19-20-27(36)40)38-33(44)46-35(7,8)9)29(28-22(2)15-14-16-23(28)3)30(41)37-26(32(43)45-34(4,5)6)21-24-17-12-11-13-18-24/h1,11-18,25-26,29H,19-21H2,2-9H3,(H2,36,40)(H,37,41)(H,38,44). The van der Waals surface area contributed by atoms with Crippen molar-refractivity contribution >= 4 is 29.8 Å². The van der Waals surface area contributed by atoms with Gasteiger partial charge in [-0.3, -0.25) is 19.3 Å². The molecule has 248 valence electrons. The van der Waals surface area contributed by atoms with Crippen LogP contribution in [-0.4, -0.2) is 58.0 Å². The van der Waals surface area contributed by atoms with Crippen LogP contribution in [-0.2, 0) is 35.1 Å². The maximum atomic E-state index is 14.3. The summed E-state index contributed by atoms with van der Waals surface area (Å²) in [6.07, 6.45) is 4.63. The smallest absolute Gasteiger partial charge is 0.408 e. The second-order valence-corrected chi connectivity index (χ2v) is 13.0. The van der Waals surface area contributed by atoms with Gasteiger partial charge in [0, 0.05) is 18.9 Å². The molecule has 0 fully saturated rings. The van der Waals surface area contributed by atoms with Crippen molar-refractivity contribution in [3.63, 3.8) is 0 Å². The molecule has 11 nitrogen and oxygen atoms in total. The summed E-state index contributed by atoms with van der Waals surface area (Å²) >= 11 is 0. The Labute approximate surface area is 271 Å². The van der Waals surface area contributed by atoms with E-state index in [9.17, 15) is 24.0 Å². The Hall–Kier alpha value is -4.85. The van der Waals surface area contributed by atoms with Crippen molar-refractivity contribution in [3.05, 3.63) is 70.8 Å². The molecule has 46 heavy (non-hydrogen) atoms. The van der Waals surface area contributed by atoms with E-state index in [2.05, 4.69) is 16.7 Å². The van der Waals surface area contributed by atoms with Crippen molar-refractivity contribution in [2.45, 2.75) is 104 Å². The average molecular weight is 635 g/mol. The number of alkyl carbamates (subject to hydrolysis) is 1. The van der Waals surface area contributed by atoms with Crippen molar-refractivity contribution in [1.29, 1.82) is 0 Å². The summed E-state index contributed by atoms with van der Waals surface area (Å²) in [5, 5.41) is 5.26. The first-order valence-electron chi connectivity index (χ1n) is 15.0. The predicted octanol–water partition coefficient (Wildman–Crippen LogP) is 3.99. The number of ether oxygens (including phenoxy) is 2. The Balaban J connectivity index is 2.62. The fourth-order valence-corrected chi connectivity index (χ4v) is 4.73. The minimum absolute atomic E-state index is 0.104. The van der Waals surface area contributed by atoms with E-state index < -0.39 is 59.1 Å². The Morgan fingerprint density at radius 3 is 1.91 bits per heavy atom. The summed E-state index contributed by atoms with van der Waals surface area (Å²) in [4.78, 5) is 67.1. The van der Waals surface area contributed by atoms with Gasteiger partial charge in [0.1, 0.15) is 29.3 Å². The molecule has 0 spiro atoms. The largest absolute Gasteiger partial charge is 0.458 e. The van der Waals surface area contributed by atoms with Crippen LogP contribution >= 0.6 is 0 Å². The Morgan fingerprint density at radius 1 is 0.848 bits per heavy atom. The number of nitrogens with one attached hydrogen (secondary N) is 2. The van der Waals surface area contributed by atoms with Crippen molar-refractivity contribution in [2.75, 3.05) is 0 Å². The van der Waals surface area contributed by atoms with Crippen molar-refractivity contribution in [2.24, 2.45) is 5.73 Å². The highest BCUT2D eigenvalue weighted by molar-refractivity contribution is 5.95. The molecule has 0 aliphatic heterocycles. The minimum Gasteiger partial charge on any atom is -0.458 e. The zero-order valence-corrected chi connectivity index (χ0v) is 27.9. The number of esters is 1. The van der Waals surface area contributed by atoms with E-state index in [4.69, 9.17) is 21.6 Å². The zero-order chi connectivity index (χ0) is 34.8. The normalized spacial score (nSPS) is 13.3. The summed E-state index contributed by atoms with van der Waals surface area (Å²) in [6.45, 7) is 13.6. The van der Waals surface area contributed by atoms with Gasteiger partial charge in [-0.15, -0.1) is 0 Å². The van der Waals surface area contributed by atoms with Crippen LogP contribution in [0, 0.1) is 26.3 Å². The Bertz CT molecular complexity index is 1430. The van der Waals surface area contributed by atoms with E-state index in [-0.39, 0.29) is 19.3 Å². The van der Waals surface area contributed by atoms with Crippen molar-refractivity contribution in [1.82, 2.24) is 15.5 Å². The molecule has 0 aliphatic rings. The van der Waals surface area contributed by atoms with E-state index >= 15 is 0 Å². The quantitative estimate of drug-likeness (QED) is 0.181. The third kappa shape index (κ3) is 11.6. The van der Waals surface area contributed by atoms with Gasteiger partial charge in [-0.1, -0.05) is 55.0 Å². The highest BCUT2D eigenvalue weighted by atomic mass is 16.6. The average Bonchev–Trinajstić information content (AvgIpc) is 2.92. The number of primary amides is 1. The number of hydrogen-bond donors (Lipinski definition) is 3. The zero-order valence-electron chi connectivity index (χ0n) is 27.9. The van der Waals surface area contributed by atoms with Crippen LogP contribution in [0.5, 0.6) is 0 Å². The number of hydrogen-bond acceptors (Lipinski definition) is 7. The second-order valence-electron chi connectivity index (χ2n) is 13.0. The highest BCUT2D eigenvalue weighted by Gasteiger charge is 2.39. The minimum atomic E-state index is -1.43. The number of carbonyl (C=O) groups is 5. The molecule has 11 heteroatoms. The van der Waals surface area contributed by atoms with Gasteiger partial charge < -0.3 is 25.8 Å². The summed E-state index contributed by atoms with van der Waals surface area (Å²) in [7, 11) is 0. The molecular weight excluding hydrogens is 588 g/mol. The van der Waals surface area contributed by atoms with Crippen LogP contribution in [0.2, 0.25) is 0 Å². The fourth-order valence-electron chi connectivity index (χ4n) is 4.73. The van der Waals surface area contributed by atoms with E-state index in [1.807, 2.05) is 30.3 Å². The van der Waals surface area contributed by atoms with Gasteiger partial charge in [0.15, 0.2) is 0 Å². The molecule has 0 bridgehead atoms. The lowest BCUT2D eigenvalue weighted by atomic mass is 9.93. The number of terminal acetylenes is 1. The number of nitrogens with zero attached hydrogens (tertiary/aromatic N) is 1. The fraction of sp³-hybridized carbons (Fsp3) is 0.457. The number of rotatable bonds is 12. The van der Waals surface area contributed by atoms with Gasteiger partial charge in [-0.05, 0) is 84.1 Å². The van der Waals surface area contributed by atoms with Crippen LogP contribution in [0.1, 0.15) is 82.7 Å². The molecule has 0 heterocycles. The monoisotopic (exact) mass is 634 g/mol. The second kappa shape index (κ2) is 15.9. The van der Waals surface area contributed by atoms with Crippen LogP contribution in [0.3, 0.4) is 0 Å². The molecule has 4 amide bonds. The van der Waals surface area contributed by atoms with Crippen molar-refractivity contribution < 1.29 is 33.4 Å². The number of aryl methyl sites for hydroxylation is 2. The molecule has 0 saturated heterocycles. The lowest BCUT2D eigenvalue weighted by Crippen LogP contribution is -2.54. The van der Waals surface area contributed by atoms with Gasteiger partial charge in [0.05, 0.1) is 0 Å². The first-order valence-corrected chi connectivity index (χ1v) is 15.0. The third-order valence-electron chi connectivity index (χ3n) is 6.66. The maximum Gasteiger partial charge on any atom is 0.408 e. The molecule has 0 aromatic heterocycles. The molecule has 0 radical (unpaired) electrons. The molecule has 3 atom stereocenters.